The zero-order valence-electron chi connectivity index (χ0n) is 9.38. The van der Waals surface area contributed by atoms with Crippen molar-refractivity contribution in [3.63, 3.8) is 0 Å². The number of rotatable bonds is 4. The average molecular weight is 311 g/mol. The lowest BCUT2D eigenvalue weighted by Crippen LogP contribution is -2.19. The second-order valence-corrected chi connectivity index (χ2v) is 4.44. The summed E-state index contributed by atoms with van der Waals surface area (Å²) < 4.78 is 2.28. The Kier molecular flexibility index (Phi) is 4.00. The third kappa shape index (κ3) is 3.34. The summed E-state index contributed by atoms with van der Waals surface area (Å²) >= 11 is 3.27. The Morgan fingerprint density at radius 2 is 2.33 bits per heavy atom. The van der Waals surface area contributed by atoms with Crippen LogP contribution in [-0.2, 0) is 17.9 Å². The van der Waals surface area contributed by atoms with Gasteiger partial charge < -0.3 is 11.1 Å². The third-order valence-corrected chi connectivity index (χ3v) is 2.56. The zero-order valence-corrected chi connectivity index (χ0v) is 11.0. The average Bonchev–Trinajstić information content (AvgIpc) is 2.79. The summed E-state index contributed by atoms with van der Waals surface area (Å²) in [6.45, 7) is 0.376. The smallest absolute Gasteiger partial charge is 0.247 e. The Bertz CT molecular complexity index is 538. The fourth-order valence-corrected chi connectivity index (χ4v) is 1.52. The standard InChI is InChI=1S/C10H11BrN6O/c11-7-1-2-9(13-4-7)14-10(18)6-17-5-8(3-12)15-16-17/h1-2,4-5H,3,6,12H2,(H,13,14,18). The first-order chi connectivity index (χ1) is 8.67. The zero-order chi connectivity index (χ0) is 13.0. The van der Waals surface area contributed by atoms with Gasteiger partial charge in [-0.2, -0.15) is 0 Å². The molecule has 2 aromatic rings. The quantitative estimate of drug-likeness (QED) is 0.858. The van der Waals surface area contributed by atoms with E-state index in [-0.39, 0.29) is 12.5 Å². The number of amides is 1. The maximum Gasteiger partial charge on any atom is 0.247 e. The van der Waals surface area contributed by atoms with Crippen LogP contribution in [0.15, 0.2) is 29.0 Å². The van der Waals surface area contributed by atoms with Crippen LogP contribution in [0.25, 0.3) is 0 Å². The molecule has 0 aliphatic carbocycles. The van der Waals surface area contributed by atoms with Gasteiger partial charge in [-0.05, 0) is 28.1 Å². The van der Waals surface area contributed by atoms with Gasteiger partial charge in [-0.15, -0.1) is 5.10 Å². The maximum atomic E-state index is 11.7. The number of anilines is 1. The van der Waals surface area contributed by atoms with E-state index >= 15 is 0 Å². The number of carbonyl (C=O) groups excluding carboxylic acids is 1. The summed E-state index contributed by atoms with van der Waals surface area (Å²) in [6.07, 6.45) is 3.24. The van der Waals surface area contributed by atoms with E-state index in [2.05, 4.69) is 36.5 Å². The van der Waals surface area contributed by atoms with Crippen LogP contribution in [-0.4, -0.2) is 25.9 Å². The van der Waals surface area contributed by atoms with Crippen molar-refractivity contribution in [2.75, 3.05) is 5.32 Å². The predicted molar refractivity (Wildman–Crippen MR) is 68.5 cm³/mol. The van der Waals surface area contributed by atoms with Crippen LogP contribution in [0.1, 0.15) is 5.69 Å². The monoisotopic (exact) mass is 310 g/mol. The maximum absolute atomic E-state index is 11.7. The van der Waals surface area contributed by atoms with E-state index in [1.165, 1.54) is 4.68 Å². The molecule has 0 unspecified atom stereocenters. The van der Waals surface area contributed by atoms with Crippen LogP contribution in [0.3, 0.4) is 0 Å². The van der Waals surface area contributed by atoms with E-state index in [9.17, 15) is 4.79 Å². The molecule has 0 atom stereocenters. The van der Waals surface area contributed by atoms with Gasteiger partial charge in [-0.25, -0.2) is 9.67 Å². The number of nitrogens with one attached hydrogen (secondary N) is 1. The van der Waals surface area contributed by atoms with Gasteiger partial charge >= 0.3 is 0 Å². The van der Waals surface area contributed by atoms with Crippen molar-refractivity contribution in [2.24, 2.45) is 5.73 Å². The van der Waals surface area contributed by atoms with Crippen molar-refractivity contribution in [1.29, 1.82) is 0 Å². The van der Waals surface area contributed by atoms with Crippen LogP contribution < -0.4 is 11.1 Å². The molecule has 1 amide bonds. The lowest BCUT2D eigenvalue weighted by molar-refractivity contribution is -0.116. The van der Waals surface area contributed by atoms with E-state index < -0.39 is 0 Å². The minimum Gasteiger partial charge on any atom is -0.325 e. The molecule has 3 N–H and O–H groups in total. The van der Waals surface area contributed by atoms with Crippen LogP contribution in [0, 0.1) is 0 Å². The highest BCUT2D eigenvalue weighted by atomic mass is 79.9. The topological polar surface area (TPSA) is 98.7 Å². The molecule has 7 nitrogen and oxygen atoms in total. The van der Waals surface area contributed by atoms with Crippen LogP contribution in [0.2, 0.25) is 0 Å². The van der Waals surface area contributed by atoms with E-state index in [1.807, 2.05) is 0 Å². The second kappa shape index (κ2) is 5.69. The molecule has 0 aliphatic heterocycles. The molecule has 0 aliphatic rings. The SMILES string of the molecule is NCc1cn(CC(=O)Nc2ccc(Br)cn2)nn1. The van der Waals surface area contributed by atoms with Gasteiger partial charge in [0.25, 0.3) is 0 Å². The van der Waals surface area contributed by atoms with Crippen LogP contribution in [0.5, 0.6) is 0 Å². The molecule has 94 valence electrons. The summed E-state index contributed by atoms with van der Waals surface area (Å²) in [5.74, 6) is 0.264. The molecular weight excluding hydrogens is 300 g/mol. The van der Waals surface area contributed by atoms with Gasteiger partial charge in [-0.3, -0.25) is 4.79 Å². The van der Waals surface area contributed by atoms with Crippen molar-refractivity contribution in [3.8, 4) is 0 Å². The lowest BCUT2D eigenvalue weighted by Gasteiger charge is -2.03. The predicted octanol–water partition coefficient (Wildman–Crippen LogP) is 0.533. The first kappa shape index (κ1) is 12.7. The highest BCUT2D eigenvalue weighted by molar-refractivity contribution is 9.10. The molecule has 0 saturated heterocycles. The fourth-order valence-electron chi connectivity index (χ4n) is 1.29. The van der Waals surface area contributed by atoms with E-state index in [0.29, 0.717) is 18.1 Å². The van der Waals surface area contributed by atoms with Gasteiger partial charge in [0.15, 0.2) is 0 Å². The first-order valence-electron chi connectivity index (χ1n) is 5.18. The summed E-state index contributed by atoms with van der Waals surface area (Å²) in [6, 6.07) is 3.50. The highest BCUT2D eigenvalue weighted by Gasteiger charge is 2.06. The number of carbonyl (C=O) groups is 1. The summed E-state index contributed by atoms with van der Waals surface area (Å²) in [5.41, 5.74) is 6.04. The third-order valence-electron chi connectivity index (χ3n) is 2.10. The van der Waals surface area contributed by atoms with Gasteiger partial charge in [0, 0.05) is 17.2 Å². The number of hydrogen-bond acceptors (Lipinski definition) is 5. The van der Waals surface area contributed by atoms with Crippen molar-refractivity contribution in [2.45, 2.75) is 13.1 Å². The molecule has 0 fully saturated rings. The number of pyridine rings is 1. The number of hydrogen-bond donors (Lipinski definition) is 2. The Morgan fingerprint density at radius 1 is 1.50 bits per heavy atom. The minimum absolute atomic E-state index is 0.0742. The molecule has 0 bridgehead atoms. The Balaban J connectivity index is 1.94. The second-order valence-electron chi connectivity index (χ2n) is 3.52. The first-order valence-corrected chi connectivity index (χ1v) is 5.97. The Morgan fingerprint density at radius 3 is 2.94 bits per heavy atom. The van der Waals surface area contributed by atoms with Gasteiger partial charge in [0.05, 0.1) is 11.9 Å². The fraction of sp³-hybridized carbons (Fsp3) is 0.200. The number of halogens is 1. The minimum atomic E-state index is -0.224. The lowest BCUT2D eigenvalue weighted by atomic mass is 10.4. The Hall–Kier alpha value is -1.80. The molecule has 0 aromatic carbocycles. The molecular formula is C10H11BrN6O. The molecule has 18 heavy (non-hydrogen) atoms. The van der Waals surface area contributed by atoms with Crippen LogP contribution >= 0.6 is 15.9 Å². The van der Waals surface area contributed by atoms with E-state index in [0.717, 1.165) is 4.47 Å². The van der Waals surface area contributed by atoms with Gasteiger partial charge in [0.2, 0.25) is 5.91 Å². The van der Waals surface area contributed by atoms with Gasteiger partial charge in [-0.1, -0.05) is 5.21 Å². The molecule has 2 heterocycles. The normalized spacial score (nSPS) is 10.3. The van der Waals surface area contributed by atoms with Crippen molar-refractivity contribution < 1.29 is 4.79 Å². The highest BCUT2D eigenvalue weighted by Crippen LogP contribution is 2.10. The van der Waals surface area contributed by atoms with Crippen LogP contribution in [0.4, 0.5) is 5.82 Å². The van der Waals surface area contributed by atoms with Crippen molar-refractivity contribution in [1.82, 2.24) is 20.0 Å². The molecule has 0 saturated carbocycles. The molecule has 0 radical (unpaired) electrons. The van der Waals surface area contributed by atoms with Gasteiger partial charge in [0.1, 0.15) is 12.4 Å². The number of nitrogens with zero attached hydrogens (tertiary/aromatic N) is 4. The molecule has 2 aromatic heterocycles. The molecule has 2 rings (SSSR count). The van der Waals surface area contributed by atoms with Crippen molar-refractivity contribution in [3.05, 3.63) is 34.7 Å². The molecule has 8 heteroatoms. The van der Waals surface area contributed by atoms with E-state index in [1.54, 1.807) is 24.5 Å². The number of nitrogens with two attached hydrogens (primary N) is 1. The number of aromatic nitrogens is 4. The summed E-state index contributed by atoms with van der Waals surface area (Å²) in [7, 11) is 0. The largest absolute Gasteiger partial charge is 0.325 e. The summed E-state index contributed by atoms with van der Waals surface area (Å²) in [5, 5.41) is 10.2. The summed E-state index contributed by atoms with van der Waals surface area (Å²) in [4.78, 5) is 15.7. The Labute approximate surface area is 112 Å². The van der Waals surface area contributed by atoms with E-state index in [4.69, 9.17) is 5.73 Å². The molecule has 0 spiro atoms. The van der Waals surface area contributed by atoms with Crippen molar-refractivity contribution >= 4 is 27.7 Å².